The fourth-order valence-corrected chi connectivity index (χ4v) is 9.31. The van der Waals surface area contributed by atoms with Gasteiger partial charge in [-0.15, -0.1) is 0 Å². The first-order chi connectivity index (χ1) is 31.6. The molecule has 6 aromatic carbocycles. The summed E-state index contributed by atoms with van der Waals surface area (Å²) in [5.41, 5.74) is -1.01. The summed E-state index contributed by atoms with van der Waals surface area (Å²) in [6.45, 7) is 0. The number of rotatable bonds is 13. The molecule has 16 nitrogen and oxygen atoms in total. The normalized spacial score (nSPS) is 12.8. The number of esters is 2. The summed E-state index contributed by atoms with van der Waals surface area (Å²) < 4.78 is 9.50. The van der Waals surface area contributed by atoms with Gasteiger partial charge < -0.3 is 19.7 Å². The fraction of sp³-hybridized carbons (Fsp3) is 0.0417. The zero-order valence-corrected chi connectivity index (χ0v) is 35.7. The first-order valence-electron chi connectivity index (χ1n) is 19.2. The molecule has 326 valence electrons. The minimum atomic E-state index is -1.54. The van der Waals surface area contributed by atoms with E-state index in [-0.39, 0.29) is 67.0 Å². The van der Waals surface area contributed by atoms with Crippen LogP contribution >= 0.6 is 21.6 Å². The average Bonchev–Trinajstić information content (AvgIpc) is 3.74. The number of hydrogen-bond acceptors (Lipinski definition) is 14. The number of carboxylic acid groups (broad SMARTS) is 2. The molecule has 0 fully saturated rings. The lowest BCUT2D eigenvalue weighted by Gasteiger charge is -2.16. The third-order valence-electron chi connectivity index (χ3n) is 10.5. The molecular weight excluding hydrogens is 893 g/mol. The summed E-state index contributed by atoms with van der Waals surface area (Å²) in [5, 5.41) is 18.8. The van der Waals surface area contributed by atoms with Crippen molar-refractivity contribution in [3.8, 4) is 0 Å². The number of hydrogen-bond donors (Lipinski definition) is 2. The summed E-state index contributed by atoms with van der Waals surface area (Å²) >= 11 is 0. The van der Waals surface area contributed by atoms with Crippen LogP contribution in [0.15, 0.2) is 131 Å². The molecule has 0 radical (unpaired) electrons. The third-order valence-corrected chi connectivity index (χ3v) is 12.9. The fourth-order valence-electron chi connectivity index (χ4n) is 7.31. The van der Waals surface area contributed by atoms with Crippen LogP contribution in [0, 0.1) is 0 Å². The van der Waals surface area contributed by atoms with E-state index >= 15 is 0 Å². The van der Waals surface area contributed by atoms with Crippen LogP contribution < -0.4 is 9.80 Å². The van der Waals surface area contributed by atoms with Gasteiger partial charge in [0, 0.05) is 32.0 Å². The second kappa shape index (κ2) is 17.6. The molecule has 6 aromatic rings. The molecule has 0 unspecified atom stereocenters. The maximum absolute atomic E-state index is 13.8. The van der Waals surface area contributed by atoms with Gasteiger partial charge in [0.05, 0.1) is 70.1 Å². The number of nitrogens with zero attached hydrogens (tertiary/aromatic N) is 2. The van der Waals surface area contributed by atoms with Gasteiger partial charge in [0.1, 0.15) is 0 Å². The van der Waals surface area contributed by atoms with Crippen LogP contribution in [0.25, 0.3) is 0 Å². The van der Waals surface area contributed by atoms with E-state index in [1.165, 1.54) is 76.2 Å². The Labute approximate surface area is 380 Å². The van der Waals surface area contributed by atoms with Gasteiger partial charge in [0.2, 0.25) is 0 Å². The Morgan fingerprint density at radius 1 is 0.424 bits per heavy atom. The highest BCUT2D eigenvalue weighted by atomic mass is 33.1. The van der Waals surface area contributed by atoms with Crippen LogP contribution in [0.1, 0.15) is 115 Å². The van der Waals surface area contributed by atoms with Crippen LogP contribution in [-0.4, -0.2) is 83.5 Å². The lowest BCUT2D eigenvalue weighted by molar-refractivity contribution is 0.0555. The molecule has 0 aromatic heterocycles. The summed E-state index contributed by atoms with van der Waals surface area (Å²) in [4.78, 5) is 133. The largest absolute Gasteiger partial charge is 0.478 e. The molecule has 18 heteroatoms. The first kappa shape index (κ1) is 44.1. The Morgan fingerprint density at radius 2 is 0.803 bits per heavy atom. The van der Waals surface area contributed by atoms with Crippen molar-refractivity contribution in [1.82, 2.24) is 0 Å². The van der Waals surface area contributed by atoms with Crippen LogP contribution in [-0.2, 0) is 9.47 Å². The minimum Gasteiger partial charge on any atom is -0.478 e. The van der Waals surface area contributed by atoms with Crippen LogP contribution in [0.3, 0.4) is 0 Å². The second-order valence-electron chi connectivity index (χ2n) is 14.3. The maximum atomic E-state index is 13.8. The summed E-state index contributed by atoms with van der Waals surface area (Å²) in [7, 11) is 4.77. The van der Waals surface area contributed by atoms with E-state index in [1.807, 2.05) is 0 Å². The topological polar surface area (TPSA) is 236 Å². The second-order valence-corrected chi connectivity index (χ2v) is 16.6. The number of carbonyl (C=O) groups excluding carboxylic acids is 8. The quantitative estimate of drug-likeness (QED) is 0.0493. The highest BCUT2D eigenvalue weighted by Gasteiger charge is 2.39. The number of amides is 4. The molecule has 0 saturated carbocycles. The van der Waals surface area contributed by atoms with E-state index in [4.69, 9.17) is 9.47 Å². The number of methoxy groups -OCH3 is 2. The van der Waals surface area contributed by atoms with Gasteiger partial charge in [-0.2, -0.15) is 0 Å². The molecule has 8 rings (SSSR count). The molecule has 0 aliphatic carbocycles. The van der Waals surface area contributed by atoms with Crippen molar-refractivity contribution >= 4 is 92.0 Å². The van der Waals surface area contributed by atoms with E-state index in [0.717, 1.165) is 42.2 Å². The lowest BCUT2D eigenvalue weighted by Crippen LogP contribution is -2.29. The smallest absolute Gasteiger partial charge is 0.338 e. The number of anilines is 2. The molecular formula is C48H28N2O14S2. The van der Waals surface area contributed by atoms with E-state index in [1.54, 1.807) is 48.5 Å². The number of ketones is 2. The number of aromatic carboxylic acids is 2. The Hall–Kier alpha value is -8.48. The summed E-state index contributed by atoms with van der Waals surface area (Å²) in [5.74, 6) is -8.65. The van der Waals surface area contributed by atoms with Crippen molar-refractivity contribution < 1.29 is 67.6 Å². The van der Waals surface area contributed by atoms with Gasteiger partial charge in [0.15, 0.2) is 11.6 Å². The van der Waals surface area contributed by atoms with Crippen molar-refractivity contribution in [2.24, 2.45) is 0 Å². The summed E-state index contributed by atoms with van der Waals surface area (Å²) in [6.07, 6.45) is 0. The van der Waals surface area contributed by atoms with Crippen molar-refractivity contribution in [2.45, 2.75) is 9.79 Å². The number of benzene rings is 6. The van der Waals surface area contributed by atoms with Gasteiger partial charge in [-0.3, -0.25) is 28.8 Å². The minimum absolute atomic E-state index is 0.0142. The Kier molecular flexibility index (Phi) is 11.8. The van der Waals surface area contributed by atoms with E-state index < -0.39 is 70.2 Å². The van der Waals surface area contributed by atoms with Crippen molar-refractivity contribution in [3.05, 3.63) is 188 Å². The van der Waals surface area contributed by atoms with E-state index in [9.17, 15) is 58.2 Å². The zero-order valence-electron chi connectivity index (χ0n) is 34.1. The van der Waals surface area contributed by atoms with Gasteiger partial charge in [-0.05, 0) is 84.9 Å². The number of fused-ring (bicyclic) bond motifs is 2. The SMILES string of the molecule is COC(=O)c1ccc(C(=O)c2ccc3c(c2)C(=O)N(c2cccc(SSc4cccc(N5C(=O)c6ccc(C(=O)c7ccc(C(=O)O)c(C(=O)O)c7)cc6C5=O)c4)c2)C3=O)cc1C(=O)OC. The Balaban J connectivity index is 0.964. The molecule has 0 atom stereocenters. The highest BCUT2D eigenvalue weighted by Crippen LogP contribution is 2.41. The molecule has 4 amide bonds. The van der Waals surface area contributed by atoms with Crippen LogP contribution in [0.5, 0.6) is 0 Å². The van der Waals surface area contributed by atoms with E-state index in [2.05, 4.69) is 0 Å². The molecule has 0 spiro atoms. The maximum Gasteiger partial charge on any atom is 0.338 e. The van der Waals surface area contributed by atoms with Crippen molar-refractivity contribution in [1.29, 1.82) is 0 Å². The van der Waals surface area contributed by atoms with Gasteiger partial charge in [0.25, 0.3) is 23.6 Å². The molecule has 2 aliphatic heterocycles. The van der Waals surface area contributed by atoms with Gasteiger partial charge in [-0.1, -0.05) is 58.0 Å². The predicted octanol–water partition coefficient (Wildman–Crippen LogP) is 7.52. The number of ether oxygens (including phenoxy) is 2. The highest BCUT2D eigenvalue weighted by molar-refractivity contribution is 8.76. The van der Waals surface area contributed by atoms with Crippen LogP contribution in [0.4, 0.5) is 11.4 Å². The molecule has 66 heavy (non-hydrogen) atoms. The molecule has 2 aliphatic rings. The number of imide groups is 2. The van der Waals surface area contributed by atoms with Crippen molar-refractivity contribution in [2.75, 3.05) is 24.0 Å². The molecule has 2 N–H and O–H groups in total. The van der Waals surface area contributed by atoms with Crippen molar-refractivity contribution in [3.63, 3.8) is 0 Å². The van der Waals surface area contributed by atoms with E-state index in [0.29, 0.717) is 9.79 Å². The number of carbonyl (C=O) groups is 10. The predicted molar refractivity (Wildman–Crippen MR) is 236 cm³/mol. The molecule has 0 saturated heterocycles. The Bertz CT molecular complexity index is 3220. The average molecular weight is 921 g/mol. The standard InChI is InChI=1S/C48H28N2O14S2/c1-63-47(61)34-16-12-26(20-38(34)48(62)64-2)40(52)24-10-14-32-36(18-24)44(56)50(42(32)54)28-6-4-8-30(22-28)66-65-29-7-3-5-27(21-29)49-41(53)31-13-9-23(17-35(31)43(49)55)39(51)25-11-15-33(45(57)58)37(19-25)46(59)60/h3-22H,1-2H3,(H,57,58)(H,59,60). The van der Waals surface area contributed by atoms with Gasteiger partial charge in [-0.25, -0.2) is 29.0 Å². The van der Waals surface area contributed by atoms with Gasteiger partial charge >= 0.3 is 23.9 Å². The van der Waals surface area contributed by atoms with Crippen LogP contribution in [0.2, 0.25) is 0 Å². The lowest BCUT2D eigenvalue weighted by atomic mass is 9.96. The monoisotopic (exact) mass is 920 g/mol. The first-order valence-corrected chi connectivity index (χ1v) is 21.4. The third kappa shape index (κ3) is 7.90. The Morgan fingerprint density at radius 3 is 1.24 bits per heavy atom. The molecule has 2 heterocycles. The number of carboxylic acids is 2. The zero-order chi connectivity index (χ0) is 47.1. The molecule has 0 bridgehead atoms. The summed E-state index contributed by atoms with van der Waals surface area (Å²) in [6, 6.07) is 27.9.